The first kappa shape index (κ1) is 15.3. The maximum absolute atomic E-state index is 4.73. The third-order valence-electron chi connectivity index (χ3n) is 3.43. The number of rotatable bonds is 5. The predicted molar refractivity (Wildman–Crippen MR) is 85.7 cm³/mol. The average Bonchev–Trinajstić information content (AvgIpc) is 2.83. The SMILES string of the molecule is CNc1nc(C(C)C)nc(N(C)Cc2cnn(C)c2)c1C. The van der Waals surface area contributed by atoms with Crippen molar-refractivity contribution in [3.8, 4) is 0 Å². The molecule has 6 nitrogen and oxygen atoms in total. The van der Waals surface area contributed by atoms with Crippen LogP contribution in [0.2, 0.25) is 0 Å². The van der Waals surface area contributed by atoms with Crippen molar-refractivity contribution in [1.29, 1.82) is 0 Å². The van der Waals surface area contributed by atoms with E-state index in [1.165, 1.54) is 0 Å². The van der Waals surface area contributed by atoms with E-state index in [2.05, 4.69) is 34.1 Å². The number of nitrogens with one attached hydrogen (secondary N) is 1. The zero-order chi connectivity index (χ0) is 15.6. The molecule has 6 heteroatoms. The summed E-state index contributed by atoms with van der Waals surface area (Å²) in [4.78, 5) is 11.4. The van der Waals surface area contributed by atoms with Crippen molar-refractivity contribution in [2.45, 2.75) is 33.2 Å². The minimum atomic E-state index is 0.295. The lowest BCUT2D eigenvalue weighted by Crippen LogP contribution is -2.21. The predicted octanol–water partition coefficient (Wildman–Crippen LogP) is 2.32. The Bertz CT molecular complexity index is 617. The van der Waals surface area contributed by atoms with Crippen LogP contribution >= 0.6 is 0 Å². The van der Waals surface area contributed by atoms with Crippen LogP contribution in [0.3, 0.4) is 0 Å². The van der Waals surface area contributed by atoms with Crippen LogP contribution < -0.4 is 10.2 Å². The molecule has 0 saturated carbocycles. The van der Waals surface area contributed by atoms with Gasteiger partial charge in [-0.3, -0.25) is 4.68 Å². The smallest absolute Gasteiger partial charge is 0.137 e. The van der Waals surface area contributed by atoms with Crippen molar-refractivity contribution in [2.75, 3.05) is 24.3 Å². The van der Waals surface area contributed by atoms with Gasteiger partial charge >= 0.3 is 0 Å². The Balaban J connectivity index is 2.34. The Hall–Kier alpha value is -2.11. The summed E-state index contributed by atoms with van der Waals surface area (Å²) in [5.41, 5.74) is 2.23. The highest BCUT2D eigenvalue weighted by Gasteiger charge is 2.16. The molecular formula is C15H24N6. The maximum atomic E-state index is 4.73. The number of anilines is 2. The van der Waals surface area contributed by atoms with Gasteiger partial charge in [0, 0.05) is 50.9 Å². The van der Waals surface area contributed by atoms with Crippen LogP contribution in [-0.4, -0.2) is 33.8 Å². The van der Waals surface area contributed by atoms with Gasteiger partial charge in [0.05, 0.1) is 6.20 Å². The molecule has 0 amide bonds. The van der Waals surface area contributed by atoms with Crippen molar-refractivity contribution in [1.82, 2.24) is 19.7 Å². The molecule has 0 aliphatic carbocycles. The van der Waals surface area contributed by atoms with Gasteiger partial charge in [-0.2, -0.15) is 5.10 Å². The number of hydrogen-bond acceptors (Lipinski definition) is 5. The van der Waals surface area contributed by atoms with Gasteiger partial charge in [-0.25, -0.2) is 9.97 Å². The monoisotopic (exact) mass is 288 g/mol. The van der Waals surface area contributed by atoms with E-state index in [0.29, 0.717) is 5.92 Å². The standard InChI is InChI=1S/C15H24N6/c1-10(2)13-18-14(16-4)11(3)15(19-13)20(5)8-12-7-17-21(6)9-12/h7,9-10H,8H2,1-6H3,(H,16,18,19). The summed E-state index contributed by atoms with van der Waals surface area (Å²) in [6.07, 6.45) is 3.91. The van der Waals surface area contributed by atoms with E-state index >= 15 is 0 Å². The Labute approximate surface area is 126 Å². The lowest BCUT2D eigenvalue weighted by Gasteiger charge is -2.22. The highest BCUT2D eigenvalue weighted by Crippen LogP contribution is 2.26. The minimum absolute atomic E-state index is 0.295. The van der Waals surface area contributed by atoms with E-state index in [4.69, 9.17) is 4.98 Å². The lowest BCUT2D eigenvalue weighted by atomic mass is 10.2. The molecule has 0 fully saturated rings. The van der Waals surface area contributed by atoms with Crippen LogP contribution in [0.5, 0.6) is 0 Å². The first-order chi connectivity index (χ1) is 9.92. The molecule has 114 valence electrons. The van der Waals surface area contributed by atoms with E-state index in [-0.39, 0.29) is 0 Å². The topological polar surface area (TPSA) is 58.9 Å². The molecule has 2 heterocycles. The molecule has 0 aromatic carbocycles. The van der Waals surface area contributed by atoms with E-state index in [1.807, 2.05) is 45.1 Å². The summed E-state index contributed by atoms with van der Waals surface area (Å²) in [5.74, 6) is 3.00. The molecule has 0 aliphatic rings. The second-order valence-electron chi connectivity index (χ2n) is 5.66. The Morgan fingerprint density at radius 2 is 2.05 bits per heavy atom. The van der Waals surface area contributed by atoms with Crippen molar-refractivity contribution < 1.29 is 0 Å². The van der Waals surface area contributed by atoms with Gasteiger partial charge in [-0.05, 0) is 6.92 Å². The van der Waals surface area contributed by atoms with Crippen LogP contribution in [0.15, 0.2) is 12.4 Å². The Morgan fingerprint density at radius 1 is 1.33 bits per heavy atom. The summed E-state index contributed by atoms with van der Waals surface area (Å²) < 4.78 is 1.81. The lowest BCUT2D eigenvalue weighted by molar-refractivity contribution is 0.758. The fraction of sp³-hybridized carbons (Fsp3) is 0.533. The van der Waals surface area contributed by atoms with Gasteiger partial charge in [0.1, 0.15) is 17.5 Å². The molecule has 0 unspecified atom stereocenters. The van der Waals surface area contributed by atoms with E-state index in [9.17, 15) is 0 Å². The first-order valence-electron chi connectivity index (χ1n) is 7.17. The number of aryl methyl sites for hydroxylation is 1. The second kappa shape index (κ2) is 6.11. The third kappa shape index (κ3) is 3.32. The third-order valence-corrected chi connectivity index (χ3v) is 3.43. The second-order valence-corrected chi connectivity index (χ2v) is 5.66. The molecule has 2 aromatic heterocycles. The molecule has 0 bridgehead atoms. The summed E-state index contributed by atoms with van der Waals surface area (Å²) >= 11 is 0. The molecule has 1 N–H and O–H groups in total. The van der Waals surface area contributed by atoms with Crippen LogP contribution in [0.1, 0.15) is 36.7 Å². The number of hydrogen-bond donors (Lipinski definition) is 1. The molecular weight excluding hydrogens is 264 g/mol. The molecule has 2 aromatic rings. The van der Waals surface area contributed by atoms with Crippen LogP contribution in [0, 0.1) is 6.92 Å². The minimum Gasteiger partial charge on any atom is -0.373 e. The van der Waals surface area contributed by atoms with Gasteiger partial charge in [-0.1, -0.05) is 13.8 Å². The largest absolute Gasteiger partial charge is 0.373 e. The van der Waals surface area contributed by atoms with E-state index in [0.717, 1.165) is 35.1 Å². The highest BCUT2D eigenvalue weighted by atomic mass is 15.2. The van der Waals surface area contributed by atoms with Gasteiger partial charge in [-0.15, -0.1) is 0 Å². The quantitative estimate of drug-likeness (QED) is 0.915. The van der Waals surface area contributed by atoms with E-state index in [1.54, 1.807) is 0 Å². The molecule has 0 radical (unpaired) electrons. The maximum Gasteiger partial charge on any atom is 0.137 e. The fourth-order valence-corrected chi connectivity index (χ4v) is 2.30. The molecule has 21 heavy (non-hydrogen) atoms. The summed E-state index contributed by atoms with van der Waals surface area (Å²) in [6, 6.07) is 0. The average molecular weight is 288 g/mol. The number of nitrogens with zero attached hydrogens (tertiary/aromatic N) is 5. The highest BCUT2D eigenvalue weighted by molar-refractivity contribution is 5.58. The molecule has 0 spiro atoms. The van der Waals surface area contributed by atoms with Crippen LogP contribution in [-0.2, 0) is 13.6 Å². The molecule has 2 rings (SSSR count). The van der Waals surface area contributed by atoms with Crippen molar-refractivity contribution in [2.24, 2.45) is 7.05 Å². The molecule has 0 saturated heterocycles. The van der Waals surface area contributed by atoms with E-state index < -0.39 is 0 Å². The molecule has 0 aliphatic heterocycles. The van der Waals surface area contributed by atoms with Gasteiger partial charge in [0.2, 0.25) is 0 Å². The normalized spacial score (nSPS) is 11.0. The zero-order valence-corrected chi connectivity index (χ0v) is 13.7. The van der Waals surface area contributed by atoms with Crippen LogP contribution in [0.4, 0.5) is 11.6 Å². The fourth-order valence-electron chi connectivity index (χ4n) is 2.30. The van der Waals surface area contributed by atoms with Crippen molar-refractivity contribution >= 4 is 11.6 Å². The van der Waals surface area contributed by atoms with Gasteiger partial charge in [0.25, 0.3) is 0 Å². The molecule has 0 atom stereocenters. The Morgan fingerprint density at radius 3 is 2.57 bits per heavy atom. The Kier molecular flexibility index (Phi) is 4.45. The number of aromatic nitrogens is 4. The first-order valence-corrected chi connectivity index (χ1v) is 7.17. The summed E-state index contributed by atoms with van der Waals surface area (Å²) in [6.45, 7) is 7.03. The van der Waals surface area contributed by atoms with Gasteiger partial charge in [0.15, 0.2) is 0 Å². The van der Waals surface area contributed by atoms with Crippen molar-refractivity contribution in [3.05, 3.63) is 29.3 Å². The zero-order valence-electron chi connectivity index (χ0n) is 13.7. The van der Waals surface area contributed by atoms with Crippen LogP contribution in [0.25, 0.3) is 0 Å². The van der Waals surface area contributed by atoms with Crippen molar-refractivity contribution in [3.63, 3.8) is 0 Å². The summed E-state index contributed by atoms with van der Waals surface area (Å²) in [7, 11) is 5.87. The van der Waals surface area contributed by atoms with Gasteiger partial charge < -0.3 is 10.2 Å². The summed E-state index contributed by atoms with van der Waals surface area (Å²) in [5, 5.41) is 7.37.